The molecule has 0 N–H and O–H groups in total. The Morgan fingerprint density at radius 1 is 1.12 bits per heavy atom. The molecule has 1 aromatic heterocycles. The van der Waals surface area contributed by atoms with Crippen molar-refractivity contribution in [2.24, 2.45) is 23.7 Å². The monoisotopic (exact) mass is 473 g/mol. The number of cyclic esters (lactones) is 1. The summed E-state index contributed by atoms with van der Waals surface area (Å²) in [7, 11) is 0. The van der Waals surface area contributed by atoms with E-state index in [1.165, 1.54) is 12.3 Å². The summed E-state index contributed by atoms with van der Waals surface area (Å²) in [6.07, 6.45) is 4.25. The second-order valence-electron chi connectivity index (χ2n) is 9.87. The van der Waals surface area contributed by atoms with Gasteiger partial charge < -0.3 is 4.74 Å². The van der Waals surface area contributed by atoms with Crippen LogP contribution >= 0.6 is 0 Å². The quantitative estimate of drug-likeness (QED) is 0.360. The lowest BCUT2D eigenvalue weighted by molar-refractivity contribution is -0.144. The van der Waals surface area contributed by atoms with Gasteiger partial charge in [-0.3, -0.25) is 9.78 Å². The maximum atomic E-state index is 16.8. The summed E-state index contributed by atoms with van der Waals surface area (Å²) in [5, 5.41) is 0. The number of carbonyl (C=O) groups excluding carboxylic acids is 1. The summed E-state index contributed by atoms with van der Waals surface area (Å²) in [4.78, 5) is 16.8. The molecule has 2 aromatic rings. The minimum Gasteiger partial charge on any atom is -0.462 e. The second-order valence-corrected chi connectivity index (χ2v) is 9.87. The van der Waals surface area contributed by atoms with Crippen molar-refractivity contribution in [3.05, 3.63) is 59.9 Å². The van der Waals surface area contributed by atoms with E-state index in [4.69, 9.17) is 4.74 Å². The van der Waals surface area contributed by atoms with Gasteiger partial charge in [-0.15, -0.1) is 0 Å². The molecule has 7 heteroatoms. The molecule has 1 aliphatic heterocycles. The van der Waals surface area contributed by atoms with Crippen molar-refractivity contribution in [2.75, 3.05) is 0 Å². The number of carbonyl (C=O) groups is 1. The predicted octanol–water partition coefficient (Wildman–Crippen LogP) is 6.88. The fourth-order valence-electron chi connectivity index (χ4n) is 6.37. The zero-order valence-electron chi connectivity index (χ0n) is 18.9. The van der Waals surface area contributed by atoms with Gasteiger partial charge in [0.15, 0.2) is 0 Å². The van der Waals surface area contributed by atoms with Crippen molar-refractivity contribution in [1.82, 2.24) is 4.98 Å². The normalized spacial score (nSPS) is 33.4. The largest absolute Gasteiger partial charge is 0.462 e. The van der Waals surface area contributed by atoms with Crippen molar-refractivity contribution < 1.29 is 27.1 Å². The van der Waals surface area contributed by atoms with Crippen molar-refractivity contribution in [3.63, 3.8) is 0 Å². The van der Waals surface area contributed by atoms with Gasteiger partial charge in [-0.1, -0.05) is 37.5 Å². The van der Waals surface area contributed by atoms with Crippen molar-refractivity contribution in [3.8, 4) is 11.1 Å². The fourth-order valence-corrected chi connectivity index (χ4v) is 6.37. The van der Waals surface area contributed by atoms with Gasteiger partial charge in [0.05, 0.1) is 17.2 Å². The first-order chi connectivity index (χ1) is 16.2. The highest BCUT2D eigenvalue weighted by atomic mass is 19.4. The number of ether oxygens (including phenoxy) is 1. The Kier molecular flexibility index (Phi) is 5.77. The average molecular weight is 474 g/mol. The molecule has 2 heterocycles. The highest BCUT2D eigenvalue weighted by molar-refractivity contribution is 5.76. The predicted molar refractivity (Wildman–Crippen MR) is 120 cm³/mol. The number of nitrogens with zero attached hydrogens (tertiary/aromatic N) is 1. The number of aromatic nitrogens is 1. The summed E-state index contributed by atoms with van der Waals surface area (Å²) in [5.74, 6) is -1.21. The minimum absolute atomic E-state index is 0.153. The van der Waals surface area contributed by atoms with Crippen LogP contribution in [0.15, 0.2) is 48.7 Å². The lowest BCUT2D eigenvalue weighted by Gasteiger charge is -2.49. The van der Waals surface area contributed by atoms with E-state index in [9.17, 15) is 18.0 Å². The molecule has 3 fully saturated rings. The first kappa shape index (κ1) is 23.1. The number of hydrogen-bond donors (Lipinski definition) is 0. The highest BCUT2D eigenvalue weighted by Crippen LogP contribution is 2.57. The van der Waals surface area contributed by atoms with Crippen LogP contribution in [0.1, 0.15) is 50.3 Å². The van der Waals surface area contributed by atoms with E-state index in [1.807, 2.05) is 0 Å². The summed E-state index contributed by atoms with van der Waals surface area (Å²) in [5.41, 5.74) is -0.909. The molecule has 3 aliphatic rings. The van der Waals surface area contributed by atoms with Crippen LogP contribution in [0.4, 0.5) is 17.6 Å². The van der Waals surface area contributed by atoms with Crippen molar-refractivity contribution >= 4 is 12.0 Å². The van der Waals surface area contributed by atoms with Gasteiger partial charge in [0.1, 0.15) is 11.8 Å². The first-order valence-corrected chi connectivity index (χ1v) is 11.9. The molecule has 5 unspecified atom stereocenters. The number of allylic oxidation sites excluding steroid dienone is 1. The van der Waals surface area contributed by atoms with Crippen LogP contribution < -0.4 is 0 Å². The van der Waals surface area contributed by atoms with Gasteiger partial charge in [0, 0.05) is 17.7 Å². The zero-order chi connectivity index (χ0) is 24.1. The molecule has 0 spiro atoms. The smallest absolute Gasteiger partial charge is 0.416 e. The van der Waals surface area contributed by atoms with E-state index >= 15 is 4.39 Å². The number of halogens is 4. The van der Waals surface area contributed by atoms with Crippen LogP contribution in [0, 0.1) is 23.7 Å². The zero-order valence-corrected chi connectivity index (χ0v) is 18.9. The molecule has 2 aliphatic carbocycles. The van der Waals surface area contributed by atoms with Crippen LogP contribution in [0.25, 0.3) is 17.2 Å². The number of hydrogen-bond acceptors (Lipinski definition) is 3. The second kappa shape index (κ2) is 8.51. The van der Waals surface area contributed by atoms with Crippen molar-refractivity contribution in [2.45, 2.75) is 57.0 Å². The van der Waals surface area contributed by atoms with Gasteiger partial charge >= 0.3 is 12.1 Å². The summed E-state index contributed by atoms with van der Waals surface area (Å²) in [6.45, 7) is 1.77. The Labute approximate surface area is 196 Å². The molecule has 1 saturated heterocycles. The molecular formula is C27H27F4NO2. The first-order valence-electron chi connectivity index (χ1n) is 11.9. The Bertz CT molecular complexity index is 1100. The maximum absolute atomic E-state index is 16.8. The molecule has 6 atom stereocenters. The number of pyridine rings is 1. The van der Waals surface area contributed by atoms with E-state index in [0.717, 1.165) is 37.8 Å². The van der Waals surface area contributed by atoms with Gasteiger partial charge in [-0.2, -0.15) is 13.2 Å². The molecular weight excluding hydrogens is 446 g/mol. The number of alkyl halides is 4. The van der Waals surface area contributed by atoms with E-state index in [-0.39, 0.29) is 17.8 Å². The Hall–Kier alpha value is -2.70. The van der Waals surface area contributed by atoms with Gasteiger partial charge in [0.2, 0.25) is 0 Å². The summed E-state index contributed by atoms with van der Waals surface area (Å²) in [6, 6.07) is 8.45. The average Bonchev–Trinajstić information content (AvgIpc) is 3.11. The van der Waals surface area contributed by atoms with E-state index in [0.29, 0.717) is 23.2 Å². The number of fused-ring (bicyclic) bond motifs is 2. The maximum Gasteiger partial charge on any atom is 0.416 e. The SMILES string of the molecule is C[C@H]1OC(=O)C2CC3CCCCC3C(F)(/C=C/c3ccc(-c4cccc(C(F)(F)F)c4)cn3)C21. The summed E-state index contributed by atoms with van der Waals surface area (Å²) < 4.78 is 61.4. The third kappa shape index (κ3) is 4.03. The van der Waals surface area contributed by atoms with E-state index in [1.54, 1.807) is 37.3 Å². The number of esters is 1. The topological polar surface area (TPSA) is 39.2 Å². The Balaban J connectivity index is 1.42. The lowest BCUT2D eigenvalue weighted by atomic mass is 9.56. The van der Waals surface area contributed by atoms with E-state index in [2.05, 4.69) is 4.98 Å². The molecule has 2 saturated carbocycles. The molecule has 0 bridgehead atoms. The molecule has 1 aromatic carbocycles. The molecule has 3 nitrogen and oxygen atoms in total. The number of benzene rings is 1. The fraction of sp³-hybridized carbons (Fsp3) is 0.481. The summed E-state index contributed by atoms with van der Waals surface area (Å²) >= 11 is 0. The number of rotatable bonds is 3. The minimum atomic E-state index is -4.42. The van der Waals surface area contributed by atoms with Crippen LogP contribution in [-0.4, -0.2) is 22.7 Å². The molecule has 0 radical (unpaired) electrons. The van der Waals surface area contributed by atoms with Gasteiger partial charge in [0.25, 0.3) is 0 Å². The lowest BCUT2D eigenvalue weighted by Crippen LogP contribution is -2.53. The van der Waals surface area contributed by atoms with Gasteiger partial charge in [-0.05, 0) is 67.5 Å². The Morgan fingerprint density at radius 2 is 1.91 bits per heavy atom. The van der Waals surface area contributed by atoms with E-state index < -0.39 is 35.3 Å². The van der Waals surface area contributed by atoms with Crippen LogP contribution in [-0.2, 0) is 15.7 Å². The van der Waals surface area contributed by atoms with Gasteiger partial charge in [-0.25, -0.2) is 4.39 Å². The third-order valence-electron chi connectivity index (χ3n) is 7.91. The van der Waals surface area contributed by atoms with Crippen LogP contribution in [0.5, 0.6) is 0 Å². The Morgan fingerprint density at radius 3 is 2.65 bits per heavy atom. The highest BCUT2D eigenvalue weighted by Gasteiger charge is 2.62. The third-order valence-corrected chi connectivity index (χ3v) is 7.91. The molecule has 180 valence electrons. The van der Waals surface area contributed by atoms with Crippen LogP contribution in [0.3, 0.4) is 0 Å². The molecule has 0 amide bonds. The standard InChI is InChI=1S/C27H27F4NO2/c1-16-24-22(25(33)34-16)14-18-5-2-3-8-23(18)26(24,28)12-11-21-10-9-19(15-32-21)17-6-4-7-20(13-17)27(29,30)31/h4,6-7,9-13,15-16,18,22-24H,2-3,5,8,14H2,1H3/b12-11+/t16-,18?,22?,23?,24?,26?/m1/s1. The molecule has 34 heavy (non-hydrogen) atoms. The van der Waals surface area contributed by atoms with Crippen molar-refractivity contribution in [1.29, 1.82) is 0 Å². The molecule has 5 rings (SSSR count). The van der Waals surface area contributed by atoms with Crippen LogP contribution in [0.2, 0.25) is 0 Å².